The molecule has 0 aromatic carbocycles. The summed E-state index contributed by atoms with van der Waals surface area (Å²) in [4.78, 5) is 11.6. The first-order valence-electron chi connectivity index (χ1n) is 14.7. The summed E-state index contributed by atoms with van der Waals surface area (Å²) in [6.07, 6.45) is 8.09. The number of amides is 1. The summed E-state index contributed by atoms with van der Waals surface area (Å²) in [5.41, 5.74) is 4.38. The Hall–Kier alpha value is -0.850. The number of carbonyl (C=O) groups is 1. The van der Waals surface area contributed by atoms with Crippen molar-refractivity contribution in [3.8, 4) is 0 Å². The van der Waals surface area contributed by atoms with Crippen LogP contribution in [0.15, 0.2) is 0 Å². The molecule has 208 valence electrons. The van der Waals surface area contributed by atoms with Crippen LogP contribution in [0.3, 0.4) is 0 Å². The van der Waals surface area contributed by atoms with Crippen molar-refractivity contribution in [2.45, 2.75) is 136 Å². The highest BCUT2D eigenvalue weighted by molar-refractivity contribution is 5.65. The normalized spacial score (nSPS) is 45.4. The van der Waals surface area contributed by atoms with Crippen molar-refractivity contribution in [3.05, 3.63) is 0 Å². The van der Waals surface area contributed by atoms with Gasteiger partial charge in [0.25, 0.3) is 0 Å². The molecule has 0 radical (unpaired) electrons. The molecule has 11 atom stereocenters. The SMILES string of the molecule is CC1CC[C@H](O)C(C)(C)C1CC[C@@H]1CCC[C@@]2(C)C1CC1O[C@@H]([C@H](OC(N)=O)C(C)(C)O)C[C@@H](C)C12. The van der Waals surface area contributed by atoms with Crippen molar-refractivity contribution in [1.29, 1.82) is 0 Å². The van der Waals surface area contributed by atoms with Crippen LogP contribution >= 0.6 is 0 Å². The van der Waals surface area contributed by atoms with Gasteiger partial charge in [-0.2, -0.15) is 0 Å². The fourth-order valence-corrected chi connectivity index (χ4v) is 9.68. The summed E-state index contributed by atoms with van der Waals surface area (Å²) < 4.78 is 12.1. The van der Waals surface area contributed by atoms with Crippen LogP contribution in [0.1, 0.15) is 106 Å². The predicted octanol–water partition coefficient (Wildman–Crippen LogP) is 5.67. The van der Waals surface area contributed by atoms with Gasteiger partial charge in [-0.15, -0.1) is 0 Å². The average molecular weight is 508 g/mol. The summed E-state index contributed by atoms with van der Waals surface area (Å²) in [7, 11) is 0. The fraction of sp³-hybridized carbons (Fsp3) is 0.967. The third-order valence-electron chi connectivity index (χ3n) is 11.4. The van der Waals surface area contributed by atoms with E-state index in [0.29, 0.717) is 35.5 Å². The molecule has 0 bridgehead atoms. The standard InChI is InChI=1S/C30H53NO5/c1-17-10-13-24(32)28(3,4)20(17)12-11-19-9-8-14-30(7)21(19)16-22-25(30)18(2)15-23(35-22)26(29(5,6)34)36-27(31)33/h17-26,32,34H,8-16H2,1-7H3,(H2,31,33)/t17?,18-,19+,20?,21?,22?,23-,24+,25?,26+,30+/m1/s1. The molecule has 36 heavy (non-hydrogen) atoms. The first-order chi connectivity index (χ1) is 16.7. The van der Waals surface area contributed by atoms with Gasteiger partial charge >= 0.3 is 6.09 Å². The highest BCUT2D eigenvalue weighted by Gasteiger charge is 2.60. The van der Waals surface area contributed by atoms with Crippen LogP contribution in [0, 0.1) is 46.3 Å². The lowest BCUT2D eigenvalue weighted by Crippen LogP contribution is -2.55. The number of carbonyl (C=O) groups excluding carboxylic acids is 1. The molecule has 4 fully saturated rings. The molecule has 4 N–H and O–H groups in total. The van der Waals surface area contributed by atoms with Gasteiger partial charge in [-0.05, 0) is 105 Å². The number of ether oxygens (including phenoxy) is 2. The number of aliphatic hydroxyl groups excluding tert-OH is 1. The minimum Gasteiger partial charge on any atom is -0.441 e. The van der Waals surface area contributed by atoms with E-state index in [4.69, 9.17) is 15.2 Å². The van der Waals surface area contributed by atoms with Crippen LogP contribution in [-0.2, 0) is 9.47 Å². The summed E-state index contributed by atoms with van der Waals surface area (Å²) in [6.45, 7) is 15.1. The molecular formula is C30H53NO5. The molecule has 4 aliphatic rings. The van der Waals surface area contributed by atoms with E-state index in [2.05, 4.69) is 34.6 Å². The second kappa shape index (κ2) is 10.0. The molecule has 0 aromatic heterocycles. The lowest BCUT2D eigenvalue weighted by atomic mass is 9.56. The monoisotopic (exact) mass is 507 g/mol. The highest BCUT2D eigenvalue weighted by Crippen LogP contribution is 2.63. The maximum Gasteiger partial charge on any atom is 0.404 e. The first kappa shape index (κ1) is 28.2. The molecule has 5 unspecified atom stereocenters. The van der Waals surface area contributed by atoms with Crippen LogP contribution in [0.2, 0.25) is 0 Å². The van der Waals surface area contributed by atoms with E-state index in [-0.39, 0.29) is 29.1 Å². The molecule has 4 rings (SSSR count). The Morgan fingerprint density at radius 3 is 2.44 bits per heavy atom. The molecule has 0 spiro atoms. The Balaban J connectivity index is 1.49. The molecule has 1 heterocycles. The van der Waals surface area contributed by atoms with Gasteiger partial charge in [0, 0.05) is 0 Å². The zero-order valence-electron chi connectivity index (χ0n) is 23.8. The van der Waals surface area contributed by atoms with Gasteiger partial charge in [0.05, 0.1) is 23.9 Å². The number of primary amides is 1. The molecule has 6 nitrogen and oxygen atoms in total. The number of hydrogen-bond donors (Lipinski definition) is 3. The van der Waals surface area contributed by atoms with Gasteiger partial charge in [-0.25, -0.2) is 4.79 Å². The zero-order valence-corrected chi connectivity index (χ0v) is 23.8. The number of rotatable bonds is 6. The molecule has 3 saturated carbocycles. The lowest BCUT2D eigenvalue weighted by Gasteiger charge is -2.51. The summed E-state index contributed by atoms with van der Waals surface area (Å²) in [5, 5.41) is 21.5. The average Bonchev–Trinajstić information content (AvgIpc) is 3.07. The van der Waals surface area contributed by atoms with Crippen LogP contribution in [0.5, 0.6) is 0 Å². The van der Waals surface area contributed by atoms with Crippen molar-refractivity contribution in [1.82, 2.24) is 0 Å². The van der Waals surface area contributed by atoms with Gasteiger partial charge in [0.15, 0.2) is 6.10 Å². The number of fused-ring (bicyclic) bond motifs is 3. The van der Waals surface area contributed by atoms with Gasteiger partial charge < -0.3 is 25.4 Å². The minimum atomic E-state index is -1.22. The van der Waals surface area contributed by atoms with E-state index >= 15 is 0 Å². The molecule has 3 aliphatic carbocycles. The van der Waals surface area contributed by atoms with E-state index in [9.17, 15) is 15.0 Å². The van der Waals surface area contributed by atoms with Crippen LogP contribution in [0.4, 0.5) is 4.79 Å². The van der Waals surface area contributed by atoms with Crippen molar-refractivity contribution < 1.29 is 24.5 Å². The Bertz CT molecular complexity index is 793. The van der Waals surface area contributed by atoms with Gasteiger partial charge in [0.2, 0.25) is 0 Å². The van der Waals surface area contributed by atoms with Crippen molar-refractivity contribution in [2.75, 3.05) is 0 Å². The van der Waals surface area contributed by atoms with Crippen molar-refractivity contribution >= 4 is 6.09 Å². The third-order valence-corrected chi connectivity index (χ3v) is 11.4. The molecule has 1 saturated heterocycles. The van der Waals surface area contributed by atoms with Crippen LogP contribution in [0.25, 0.3) is 0 Å². The van der Waals surface area contributed by atoms with Crippen LogP contribution in [-0.4, -0.2) is 46.3 Å². The first-order valence-corrected chi connectivity index (χ1v) is 14.7. The molecule has 6 heteroatoms. The van der Waals surface area contributed by atoms with E-state index in [1.807, 2.05) is 0 Å². The quantitative estimate of drug-likeness (QED) is 0.430. The minimum absolute atomic E-state index is 0.0172. The Kier molecular flexibility index (Phi) is 7.85. The van der Waals surface area contributed by atoms with E-state index in [1.165, 1.54) is 32.1 Å². The lowest BCUT2D eigenvalue weighted by molar-refractivity contribution is -0.188. The predicted molar refractivity (Wildman–Crippen MR) is 141 cm³/mol. The summed E-state index contributed by atoms with van der Waals surface area (Å²) in [6, 6.07) is 0. The van der Waals surface area contributed by atoms with Gasteiger partial charge in [-0.3, -0.25) is 0 Å². The van der Waals surface area contributed by atoms with Crippen molar-refractivity contribution in [3.63, 3.8) is 0 Å². The maximum absolute atomic E-state index is 11.6. The molecule has 0 aromatic rings. The Labute approximate surface area is 219 Å². The maximum atomic E-state index is 11.6. The van der Waals surface area contributed by atoms with E-state index < -0.39 is 17.8 Å². The Morgan fingerprint density at radius 1 is 1.11 bits per heavy atom. The summed E-state index contributed by atoms with van der Waals surface area (Å²) >= 11 is 0. The second-order valence-electron chi connectivity index (χ2n) is 14.5. The van der Waals surface area contributed by atoms with Crippen molar-refractivity contribution in [2.24, 2.45) is 52.1 Å². The van der Waals surface area contributed by atoms with Gasteiger partial charge in [-0.1, -0.05) is 47.5 Å². The Morgan fingerprint density at radius 2 is 1.81 bits per heavy atom. The largest absolute Gasteiger partial charge is 0.441 e. The molecular weight excluding hydrogens is 454 g/mol. The zero-order chi connectivity index (χ0) is 26.6. The fourth-order valence-electron chi connectivity index (χ4n) is 9.68. The molecule has 1 amide bonds. The number of aliphatic hydroxyl groups is 2. The van der Waals surface area contributed by atoms with E-state index in [0.717, 1.165) is 25.7 Å². The number of nitrogens with two attached hydrogens (primary N) is 1. The molecule has 1 aliphatic heterocycles. The third kappa shape index (κ3) is 5.08. The van der Waals surface area contributed by atoms with Crippen LogP contribution < -0.4 is 5.73 Å². The number of hydrogen-bond acceptors (Lipinski definition) is 5. The van der Waals surface area contributed by atoms with E-state index in [1.54, 1.807) is 13.8 Å². The summed E-state index contributed by atoms with van der Waals surface area (Å²) in [5.74, 6) is 3.47. The highest BCUT2D eigenvalue weighted by atomic mass is 16.6. The van der Waals surface area contributed by atoms with Gasteiger partial charge in [0.1, 0.15) is 0 Å². The smallest absolute Gasteiger partial charge is 0.404 e. The second-order valence-corrected chi connectivity index (χ2v) is 14.5. The topological polar surface area (TPSA) is 102 Å².